The van der Waals surface area contributed by atoms with E-state index in [0.29, 0.717) is 38.8 Å². The van der Waals surface area contributed by atoms with Crippen LogP contribution in [0, 0.1) is 0 Å². The normalized spacial score (nSPS) is 12.7. The Balaban J connectivity index is 4.28. The molecule has 0 amide bonds. The first-order chi connectivity index (χ1) is 12.9. The molecule has 0 aromatic heterocycles. The van der Waals surface area contributed by atoms with Crippen molar-refractivity contribution in [3.05, 3.63) is 0 Å². The van der Waals surface area contributed by atoms with Crippen LogP contribution in [0.5, 0.6) is 0 Å². The van der Waals surface area contributed by atoms with Gasteiger partial charge in [-0.2, -0.15) is 0 Å². The van der Waals surface area contributed by atoms with Crippen LogP contribution >= 0.6 is 0 Å². The second-order valence-electron chi connectivity index (χ2n) is 5.68. The molecule has 0 aliphatic rings. The second kappa shape index (κ2) is 15.9. The van der Waals surface area contributed by atoms with E-state index in [2.05, 4.69) is 5.32 Å². The standard InChI is InChI=1S/C16H33NO9Si/c1-21-10-8-17-12-14(26-16(20)7-6-15(18)19)13-25-9-5-11-27(22-2,23-3)24-4/h14,17H,5-13H2,1-4H3,(H,18,19). The molecule has 0 aliphatic heterocycles. The SMILES string of the molecule is COCCNCC(COCCC[Si](OC)(OC)OC)OC(=O)CCC(=O)O. The lowest BCUT2D eigenvalue weighted by Crippen LogP contribution is -2.42. The summed E-state index contributed by atoms with van der Waals surface area (Å²) in [5, 5.41) is 11.7. The maximum atomic E-state index is 11.7. The van der Waals surface area contributed by atoms with Gasteiger partial charge in [-0.25, -0.2) is 0 Å². The second-order valence-corrected chi connectivity index (χ2v) is 8.77. The number of methoxy groups -OCH3 is 1. The molecule has 0 saturated carbocycles. The fourth-order valence-electron chi connectivity index (χ4n) is 2.19. The van der Waals surface area contributed by atoms with E-state index in [-0.39, 0.29) is 19.4 Å². The van der Waals surface area contributed by atoms with Gasteiger partial charge in [0.25, 0.3) is 0 Å². The highest BCUT2D eigenvalue weighted by Gasteiger charge is 2.36. The van der Waals surface area contributed by atoms with E-state index >= 15 is 0 Å². The highest BCUT2D eigenvalue weighted by atomic mass is 28.4. The van der Waals surface area contributed by atoms with Crippen LogP contribution in [0.1, 0.15) is 19.3 Å². The molecule has 0 saturated heterocycles. The summed E-state index contributed by atoms with van der Waals surface area (Å²) in [6.07, 6.45) is -0.287. The van der Waals surface area contributed by atoms with Crippen molar-refractivity contribution in [3.63, 3.8) is 0 Å². The van der Waals surface area contributed by atoms with Crippen molar-refractivity contribution in [1.29, 1.82) is 0 Å². The lowest BCUT2D eigenvalue weighted by Gasteiger charge is -2.24. The van der Waals surface area contributed by atoms with Gasteiger partial charge >= 0.3 is 20.7 Å². The van der Waals surface area contributed by atoms with Gasteiger partial charge < -0.3 is 37.9 Å². The Bertz CT molecular complexity index is 399. The first kappa shape index (κ1) is 25.9. The molecule has 0 rings (SSSR count). The molecular weight excluding hydrogens is 378 g/mol. The molecule has 2 N–H and O–H groups in total. The van der Waals surface area contributed by atoms with E-state index in [1.165, 1.54) is 0 Å². The van der Waals surface area contributed by atoms with Crippen LogP contribution in [0.15, 0.2) is 0 Å². The van der Waals surface area contributed by atoms with Gasteiger partial charge in [-0.3, -0.25) is 9.59 Å². The minimum absolute atomic E-state index is 0.173. The van der Waals surface area contributed by atoms with E-state index < -0.39 is 26.8 Å². The van der Waals surface area contributed by atoms with Crippen molar-refractivity contribution >= 4 is 20.7 Å². The lowest BCUT2D eigenvalue weighted by atomic mass is 10.3. The van der Waals surface area contributed by atoms with E-state index in [4.69, 9.17) is 32.6 Å². The number of carboxylic acid groups (broad SMARTS) is 1. The fourth-order valence-corrected chi connectivity index (χ4v) is 3.88. The van der Waals surface area contributed by atoms with E-state index in [1.807, 2.05) is 0 Å². The van der Waals surface area contributed by atoms with Crippen molar-refractivity contribution in [2.24, 2.45) is 0 Å². The molecule has 10 nitrogen and oxygen atoms in total. The third-order valence-corrected chi connectivity index (χ3v) is 6.54. The number of carbonyl (C=O) groups excluding carboxylic acids is 1. The molecule has 0 heterocycles. The molecule has 0 bridgehead atoms. The maximum absolute atomic E-state index is 11.7. The smallest absolute Gasteiger partial charge is 0.481 e. The predicted octanol–water partition coefficient (Wildman–Crippen LogP) is 0.284. The molecule has 0 aliphatic carbocycles. The molecular formula is C16H33NO9Si. The van der Waals surface area contributed by atoms with Crippen LogP contribution in [0.25, 0.3) is 0 Å². The average molecular weight is 412 g/mol. The molecule has 0 spiro atoms. The van der Waals surface area contributed by atoms with Gasteiger partial charge in [-0.15, -0.1) is 0 Å². The third-order valence-electron chi connectivity index (χ3n) is 3.70. The van der Waals surface area contributed by atoms with Crippen LogP contribution in [0.2, 0.25) is 6.04 Å². The zero-order valence-electron chi connectivity index (χ0n) is 16.7. The molecule has 1 atom stereocenters. The van der Waals surface area contributed by atoms with Crippen molar-refractivity contribution in [2.75, 3.05) is 61.3 Å². The van der Waals surface area contributed by atoms with Crippen LogP contribution in [0.3, 0.4) is 0 Å². The Kier molecular flexibility index (Phi) is 15.3. The molecule has 0 aromatic carbocycles. The summed E-state index contributed by atoms with van der Waals surface area (Å²) in [7, 11) is 3.64. The first-order valence-corrected chi connectivity index (χ1v) is 10.7. The molecule has 1 unspecified atom stereocenters. The number of carbonyl (C=O) groups is 2. The number of ether oxygens (including phenoxy) is 3. The van der Waals surface area contributed by atoms with E-state index in [9.17, 15) is 9.59 Å². The number of esters is 1. The highest BCUT2D eigenvalue weighted by molar-refractivity contribution is 6.60. The van der Waals surface area contributed by atoms with Gasteiger partial charge in [-0.1, -0.05) is 0 Å². The summed E-state index contributed by atoms with van der Waals surface area (Å²) < 4.78 is 31.9. The van der Waals surface area contributed by atoms with Crippen LogP contribution in [0.4, 0.5) is 0 Å². The average Bonchev–Trinajstić information content (AvgIpc) is 2.66. The summed E-state index contributed by atoms with van der Waals surface area (Å²) in [4.78, 5) is 22.3. The lowest BCUT2D eigenvalue weighted by molar-refractivity contribution is -0.154. The topological polar surface area (TPSA) is 122 Å². The summed E-state index contributed by atoms with van der Waals surface area (Å²) >= 11 is 0. The first-order valence-electron chi connectivity index (χ1n) is 8.77. The van der Waals surface area contributed by atoms with Gasteiger partial charge in [0.15, 0.2) is 0 Å². The number of nitrogens with one attached hydrogen (secondary N) is 1. The Labute approximate surface area is 161 Å². The highest BCUT2D eigenvalue weighted by Crippen LogP contribution is 2.14. The minimum atomic E-state index is -2.62. The van der Waals surface area contributed by atoms with Crippen LogP contribution in [-0.4, -0.2) is 93.3 Å². The number of hydrogen-bond donors (Lipinski definition) is 2. The molecule has 160 valence electrons. The molecule has 0 aromatic rings. The minimum Gasteiger partial charge on any atom is -0.481 e. The zero-order chi connectivity index (χ0) is 20.5. The van der Waals surface area contributed by atoms with Crippen molar-refractivity contribution in [3.8, 4) is 0 Å². The van der Waals surface area contributed by atoms with Gasteiger partial charge in [0.05, 0.1) is 26.1 Å². The number of aliphatic carboxylic acids is 1. The number of hydrogen-bond acceptors (Lipinski definition) is 9. The monoisotopic (exact) mass is 411 g/mol. The third kappa shape index (κ3) is 12.8. The van der Waals surface area contributed by atoms with Crippen LogP contribution < -0.4 is 5.32 Å². The van der Waals surface area contributed by atoms with Gasteiger partial charge in [0.1, 0.15) is 6.10 Å². The van der Waals surface area contributed by atoms with Crippen molar-refractivity contribution in [2.45, 2.75) is 31.4 Å². The largest absolute Gasteiger partial charge is 0.500 e. The van der Waals surface area contributed by atoms with Crippen molar-refractivity contribution in [1.82, 2.24) is 5.32 Å². The Morgan fingerprint density at radius 2 is 1.70 bits per heavy atom. The van der Waals surface area contributed by atoms with Gasteiger partial charge in [-0.05, 0) is 6.42 Å². The summed E-state index contributed by atoms with van der Waals surface area (Å²) in [6.45, 7) is 2.13. The Hall–Kier alpha value is -1.08. The summed E-state index contributed by atoms with van der Waals surface area (Å²) in [5.41, 5.74) is 0. The fraction of sp³-hybridized carbons (Fsp3) is 0.875. The van der Waals surface area contributed by atoms with E-state index in [1.54, 1.807) is 28.4 Å². The molecule has 0 fully saturated rings. The number of carboxylic acids is 1. The molecule has 11 heteroatoms. The molecule has 27 heavy (non-hydrogen) atoms. The van der Waals surface area contributed by atoms with Crippen molar-refractivity contribution < 1.29 is 42.2 Å². The van der Waals surface area contributed by atoms with Gasteiger partial charge in [0, 0.05) is 54.2 Å². The molecule has 0 radical (unpaired) electrons. The maximum Gasteiger partial charge on any atom is 0.500 e. The predicted molar refractivity (Wildman–Crippen MR) is 98.5 cm³/mol. The Morgan fingerprint density at radius 1 is 1.04 bits per heavy atom. The number of rotatable bonds is 18. The summed E-state index contributed by atoms with van der Waals surface area (Å²) in [6, 6.07) is 0.603. The van der Waals surface area contributed by atoms with Crippen LogP contribution in [-0.2, 0) is 37.1 Å². The zero-order valence-corrected chi connectivity index (χ0v) is 17.7. The quantitative estimate of drug-likeness (QED) is 0.185. The van der Waals surface area contributed by atoms with E-state index in [0.717, 1.165) is 0 Å². The van der Waals surface area contributed by atoms with Gasteiger partial charge in [0.2, 0.25) is 0 Å². The summed E-state index contributed by atoms with van der Waals surface area (Å²) in [5.74, 6) is -1.61. The Morgan fingerprint density at radius 3 is 2.26 bits per heavy atom.